The zero-order valence-electron chi connectivity index (χ0n) is 10.7. The van der Waals surface area contributed by atoms with Gasteiger partial charge < -0.3 is 14.9 Å². The molecule has 0 aliphatic carbocycles. The van der Waals surface area contributed by atoms with Gasteiger partial charge in [-0.05, 0) is 29.3 Å². The van der Waals surface area contributed by atoms with Gasteiger partial charge in [0, 0.05) is 0 Å². The summed E-state index contributed by atoms with van der Waals surface area (Å²) < 4.78 is 5.62. The number of aliphatic carboxylic acids is 1. The first kappa shape index (κ1) is 13.7. The Morgan fingerprint density at radius 3 is 2.50 bits per heavy atom. The highest BCUT2D eigenvalue weighted by Gasteiger charge is 2.04. The van der Waals surface area contributed by atoms with Crippen LogP contribution >= 0.6 is 0 Å². The molecule has 0 saturated heterocycles. The molecule has 0 atom stereocenters. The lowest BCUT2D eigenvalue weighted by Crippen LogP contribution is -1.98. The minimum Gasteiger partial charge on any atom is -0.502 e. The standard InChI is InChI=1S/C16H14O4/c17-15(16(18)19)10-13-7-4-8-14(9-13)20-11-12-5-2-1-3-6-12/h1-10,17H,11H2,(H,18,19)/b15-10-. The molecule has 0 amide bonds. The molecule has 4 nitrogen and oxygen atoms in total. The summed E-state index contributed by atoms with van der Waals surface area (Å²) in [7, 11) is 0. The monoisotopic (exact) mass is 270 g/mol. The molecule has 2 rings (SSSR count). The molecule has 2 aromatic carbocycles. The SMILES string of the molecule is O=C(O)/C(O)=C/c1cccc(OCc2ccccc2)c1. The van der Waals surface area contributed by atoms with Gasteiger partial charge in [0.1, 0.15) is 12.4 Å². The molecule has 0 fully saturated rings. The van der Waals surface area contributed by atoms with Crippen LogP contribution in [0, 0.1) is 0 Å². The Morgan fingerprint density at radius 1 is 1.05 bits per heavy atom. The van der Waals surface area contributed by atoms with Crippen LogP contribution in [0.25, 0.3) is 6.08 Å². The van der Waals surface area contributed by atoms with E-state index in [0.717, 1.165) is 5.56 Å². The first-order chi connectivity index (χ1) is 9.65. The zero-order chi connectivity index (χ0) is 14.4. The number of hydrogen-bond donors (Lipinski definition) is 2. The van der Waals surface area contributed by atoms with Crippen molar-refractivity contribution in [2.75, 3.05) is 0 Å². The average Bonchev–Trinajstić information content (AvgIpc) is 2.46. The van der Waals surface area contributed by atoms with E-state index in [2.05, 4.69) is 0 Å². The van der Waals surface area contributed by atoms with Crippen LogP contribution in [0.1, 0.15) is 11.1 Å². The van der Waals surface area contributed by atoms with Crippen molar-refractivity contribution in [3.8, 4) is 5.75 Å². The topological polar surface area (TPSA) is 66.8 Å². The summed E-state index contributed by atoms with van der Waals surface area (Å²) >= 11 is 0. The van der Waals surface area contributed by atoms with Crippen molar-refractivity contribution in [3.63, 3.8) is 0 Å². The number of carboxylic acids is 1. The summed E-state index contributed by atoms with van der Waals surface area (Å²) in [6.45, 7) is 0.429. The summed E-state index contributed by atoms with van der Waals surface area (Å²) in [4.78, 5) is 10.5. The third-order valence-electron chi connectivity index (χ3n) is 2.63. The highest BCUT2D eigenvalue weighted by Crippen LogP contribution is 2.17. The van der Waals surface area contributed by atoms with E-state index in [1.54, 1.807) is 24.3 Å². The van der Waals surface area contributed by atoms with Crippen LogP contribution < -0.4 is 4.74 Å². The Balaban J connectivity index is 2.07. The van der Waals surface area contributed by atoms with Crippen LogP contribution in [0.2, 0.25) is 0 Å². The van der Waals surface area contributed by atoms with Gasteiger partial charge in [0.05, 0.1) is 0 Å². The normalized spacial score (nSPS) is 11.1. The molecule has 20 heavy (non-hydrogen) atoms. The van der Waals surface area contributed by atoms with Crippen LogP contribution in [0.15, 0.2) is 60.4 Å². The molecule has 0 aromatic heterocycles. The number of carbonyl (C=O) groups is 1. The van der Waals surface area contributed by atoms with Gasteiger partial charge in [0.15, 0.2) is 0 Å². The summed E-state index contributed by atoms with van der Waals surface area (Å²) in [6.07, 6.45) is 1.18. The van der Waals surface area contributed by atoms with E-state index in [1.165, 1.54) is 6.08 Å². The van der Waals surface area contributed by atoms with Gasteiger partial charge in [-0.25, -0.2) is 4.79 Å². The molecule has 4 heteroatoms. The number of rotatable bonds is 5. The van der Waals surface area contributed by atoms with Gasteiger partial charge in [-0.3, -0.25) is 0 Å². The number of ether oxygens (including phenoxy) is 1. The van der Waals surface area contributed by atoms with Crippen molar-refractivity contribution < 1.29 is 19.7 Å². The molecule has 0 aliphatic rings. The summed E-state index contributed by atoms with van der Waals surface area (Å²) in [5, 5.41) is 17.8. The summed E-state index contributed by atoms with van der Waals surface area (Å²) in [6, 6.07) is 16.6. The predicted octanol–water partition coefficient (Wildman–Crippen LogP) is 3.25. The highest BCUT2D eigenvalue weighted by molar-refractivity contribution is 5.89. The van der Waals surface area contributed by atoms with E-state index >= 15 is 0 Å². The molecule has 0 unspecified atom stereocenters. The van der Waals surface area contributed by atoms with E-state index < -0.39 is 11.7 Å². The van der Waals surface area contributed by atoms with Crippen molar-refractivity contribution in [2.45, 2.75) is 6.61 Å². The molecule has 0 bridgehead atoms. The molecule has 0 heterocycles. The van der Waals surface area contributed by atoms with Crippen molar-refractivity contribution in [2.24, 2.45) is 0 Å². The number of carboxylic acid groups (broad SMARTS) is 1. The Bertz CT molecular complexity index is 617. The fourth-order valence-corrected chi connectivity index (χ4v) is 1.65. The maximum Gasteiger partial charge on any atom is 0.370 e. The smallest absolute Gasteiger partial charge is 0.370 e. The Kier molecular flexibility index (Phi) is 4.39. The maximum atomic E-state index is 10.5. The van der Waals surface area contributed by atoms with Crippen molar-refractivity contribution in [1.29, 1.82) is 0 Å². The largest absolute Gasteiger partial charge is 0.502 e. The predicted molar refractivity (Wildman–Crippen MR) is 75.5 cm³/mol. The van der Waals surface area contributed by atoms with Crippen molar-refractivity contribution >= 4 is 12.0 Å². The highest BCUT2D eigenvalue weighted by atomic mass is 16.5. The maximum absolute atomic E-state index is 10.5. The van der Waals surface area contributed by atoms with E-state index in [9.17, 15) is 9.90 Å². The Hall–Kier alpha value is -2.75. The lowest BCUT2D eigenvalue weighted by atomic mass is 10.2. The lowest BCUT2D eigenvalue weighted by molar-refractivity contribution is -0.135. The summed E-state index contributed by atoms with van der Waals surface area (Å²) in [5.41, 5.74) is 1.61. The van der Waals surface area contributed by atoms with Gasteiger partial charge in [-0.1, -0.05) is 42.5 Å². The average molecular weight is 270 g/mol. The first-order valence-corrected chi connectivity index (χ1v) is 6.06. The summed E-state index contributed by atoms with van der Waals surface area (Å²) in [5.74, 6) is -1.45. The van der Waals surface area contributed by atoms with Crippen molar-refractivity contribution in [1.82, 2.24) is 0 Å². The van der Waals surface area contributed by atoms with Crippen LogP contribution in [-0.2, 0) is 11.4 Å². The van der Waals surface area contributed by atoms with E-state index in [4.69, 9.17) is 9.84 Å². The molecule has 2 aromatic rings. The number of hydrogen-bond acceptors (Lipinski definition) is 3. The van der Waals surface area contributed by atoms with Gasteiger partial charge >= 0.3 is 5.97 Å². The second-order valence-corrected chi connectivity index (χ2v) is 4.18. The van der Waals surface area contributed by atoms with Gasteiger partial charge in [-0.15, -0.1) is 0 Å². The molecular weight excluding hydrogens is 256 g/mol. The van der Waals surface area contributed by atoms with Gasteiger partial charge in [0.2, 0.25) is 5.76 Å². The number of aliphatic hydroxyl groups excluding tert-OH is 1. The van der Waals surface area contributed by atoms with Crippen LogP contribution in [0.3, 0.4) is 0 Å². The molecule has 102 valence electrons. The molecule has 0 spiro atoms. The van der Waals surface area contributed by atoms with E-state index in [0.29, 0.717) is 17.9 Å². The quantitative estimate of drug-likeness (QED) is 0.646. The van der Waals surface area contributed by atoms with E-state index in [-0.39, 0.29) is 0 Å². The fourth-order valence-electron chi connectivity index (χ4n) is 1.65. The van der Waals surface area contributed by atoms with Gasteiger partial charge in [-0.2, -0.15) is 0 Å². The number of benzene rings is 2. The second kappa shape index (κ2) is 6.43. The van der Waals surface area contributed by atoms with E-state index in [1.807, 2.05) is 30.3 Å². The minimum absolute atomic E-state index is 0.429. The minimum atomic E-state index is -1.36. The fraction of sp³-hybridized carbons (Fsp3) is 0.0625. The Morgan fingerprint density at radius 2 is 1.80 bits per heavy atom. The molecule has 2 N–H and O–H groups in total. The third kappa shape index (κ3) is 3.88. The molecule has 0 aliphatic heterocycles. The van der Waals surface area contributed by atoms with Crippen LogP contribution in [0.4, 0.5) is 0 Å². The molecule has 0 saturated carbocycles. The molecule has 0 radical (unpaired) electrons. The van der Waals surface area contributed by atoms with Crippen LogP contribution in [0.5, 0.6) is 5.75 Å². The second-order valence-electron chi connectivity index (χ2n) is 4.18. The first-order valence-electron chi connectivity index (χ1n) is 6.06. The van der Waals surface area contributed by atoms with Crippen LogP contribution in [-0.4, -0.2) is 16.2 Å². The number of aliphatic hydroxyl groups is 1. The van der Waals surface area contributed by atoms with Gasteiger partial charge in [0.25, 0.3) is 0 Å². The zero-order valence-corrected chi connectivity index (χ0v) is 10.7. The van der Waals surface area contributed by atoms with Crippen molar-refractivity contribution in [3.05, 3.63) is 71.5 Å². The third-order valence-corrected chi connectivity index (χ3v) is 2.63. The molecular formula is C16H14O4. The Labute approximate surface area is 116 Å². The lowest BCUT2D eigenvalue weighted by Gasteiger charge is -2.07.